The van der Waals surface area contributed by atoms with E-state index in [2.05, 4.69) is 15.4 Å². The van der Waals surface area contributed by atoms with Crippen LogP contribution in [0.1, 0.15) is 11.3 Å². The first-order valence-corrected chi connectivity index (χ1v) is 11.3. The van der Waals surface area contributed by atoms with Gasteiger partial charge in [0.2, 0.25) is 12.5 Å². The van der Waals surface area contributed by atoms with Gasteiger partial charge in [-0.1, -0.05) is 35.9 Å². The van der Waals surface area contributed by atoms with Crippen LogP contribution in [0.25, 0.3) is 0 Å². The molecule has 2 N–H and O–H groups in total. The summed E-state index contributed by atoms with van der Waals surface area (Å²) in [5, 5.41) is 15.4. The molecular formula is C14H11ClN4O2P2S. The Balaban J connectivity index is 1.90. The molecule has 10 heteroatoms. The summed E-state index contributed by atoms with van der Waals surface area (Å²) in [6, 6.07) is 14.0. The SMILES string of the molecule is O=P1(c2ccccc2)C(c2ccc(O)c(Cl)c2)NN=C2SP=NN21. The third kappa shape index (κ3) is 2.44. The van der Waals surface area contributed by atoms with Gasteiger partial charge in [0.1, 0.15) is 19.1 Å². The number of phenolic OH excluding ortho intramolecular Hbond substituents is 1. The molecule has 24 heavy (non-hydrogen) atoms. The molecule has 4 rings (SSSR count). The molecule has 0 fully saturated rings. The van der Waals surface area contributed by atoms with Crippen LogP contribution in [0, 0.1) is 0 Å². The lowest BCUT2D eigenvalue weighted by molar-refractivity contribution is 0.474. The Kier molecular flexibility index (Phi) is 4.05. The van der Waals surface area contributed by atoms with Gasteiger partial charge in [-0.3, -0.25) is 9.99 Å². The molecule has 6 nitrogen and oxygen atoms in total. The minimum Gasteiger partial charge on any atom is -0.506 e. The highest BCUT2D eigenvalue weighted by atomic mass is 35.5. The maximum atomic E-state index is 14.1. The van der Waals surface area contributed by atoms with Crippen molar-refractivity contribution in [1.29, 1.82) is 0 Å². The van der Waals surface area contributed by atoms with E-state index in [1.807, 2.05) is 30.3 Å². The quantitative estimate of drug-likeness (QED) is 0.729. The Bertz CT molecular complexity index is 909. The molecule has 2 atom stereocenters. The normalized spacial score (nSPS) is 25.8. The van der Waals surface area contributed by atoms with Crippen molar-refractivity contribution in [2.75, 3.05) is 0 Å². The van der Waals surface area contributed by atoms with E-state index in [1.165, 1.54) is 22.2 Å². The zero-order chi connectivity index (χ0) is 16.7. The van der Waals surface area contributed by atoms with Crippen LogP contribution in [0.15, 0.2) is 58.5 Å². The number of phenols is 1. The number of amidine groups is 1. The lowest BCUT2D eigenvalue weighted by Crippen LogP contribution is -2.37. The van der Waals surface area contributed by atoms with Crippen LogP contribution in [-0.4, -0.2) is 15.1 Å². The number of halogens is 1. The summed E-state index contributed by atoms with van der Waals surface area (Å²) in [5.74, 6) is -0.630. The van der Waals surface area contributed by atoms with Gasteiger partial charge in [-0.25, -0.2) is 0 Å². The third-order valence-electron chi connectivity index (χ3n) is 3.74. The van der Waals surface area contributed by atoms with Crippen molar-refractivity contribution in [3.8, 4) is 5.75 Å². The largest absolute Gasteiger partial charge is 0.506 e. The van der Waals surface area contributed by atoms with E-state index < -0.39 is 13.1 Å². The monoisotopic (exact) mass is 396 g/mol. The lowest BCUT2D eigenvalue weighted by atomic mass is 10.2. The fraction of sp³-hybridized carbons (Fsp3) is 0.0714. The fourth-order valence-electron chi connectivity index (χ4n) is 2.59. The molecule has 2 heterocycles. The van der Waals surface area contributed by atoms with Gasteiger partial charge in [0.15, 0.2) is 0 Å². The van der Waals surface area contributed by atoms with Crippen molar-refractivity contribution < 1.29 is 9.67 Å². The van der Waals surface area contributed by atoms with Crippen molar-refractivity contribution in [1.82, 2.24) is 10.2 Å². The van der Waals surface area contributed by atoms with E-state index in [4.69, 9.17) is 11.6 Å². The van der Waals surface area contributed by atoms with Gasteiger partial charge < -0.3 is 5.11 Å². The number of hydrazone groups is 1. The van der Waals surface area contributed by atoms with Crippen molar-refractivity contribution in [2.45, 2.75) is 5.78 Å². The van der Waals surface area contributed by atoms with Crippen molar-refractivity contribution in [2.24, 2.45) is 9.96 Å². The summed E-state index contributed by atoms with van der Waals surface area (Å²) >= 11 is 7.44. The van der Waals surface area contributed by atoms with Gasteiger partial charge in [-0.2, -0.15) is 9.88 Å². The summed E-state index contributed by atoms with van der Waals surface area (Å²) in [6.07, 6.45) is 0. The molecule has 0 spiro atoms. The van der Waals surface area contributed by atoms with E-state index in [-0.39, 0.29) is 10.8 Å². The lowest BCUT2D eigenvalue weighted by Gasteiger charge is -2.36. The minimum atomic E-state index is -3.18. The van der Waals surface area contributed by atoms with Crippen LogP contribution in [-0.2, 0) is 4.57 Å². The van der Waals surface area contributed by atoms with Gasteiger partial charge >= 0.3 is 0 Å². The standard InChI is InChI=1S/C14H11ClN4O2P2S/c15-11-8-9(6-7-12(11)20)13-16-17-14-19(18-22-24-14)23(13,21)10-4-2-1-3-5-10/h1-8,13,16,20H. The summed E-state index contributed by atoms with van der Waals surface area (Å²) < 4.78 is 15.7. The maximum absolute atomic E-state index is 14.1. The number of hydrogen-bond donors (Lipinski definition) is 2. The highest BCUT2D eigenvalue weighted by Crippen LogP contribution is 2.65. The molecule has 0 amide bonds. The van der Waals surface area contributed by atoms with Crippen LogP contribution >= 0.6 is 37.8 Å². The maximum Gasteiger partial charge on any atom is 0.249 e. The highest BCUT2D eigenvalue weighted by Gasteiger charge is 2.48. The first-order valence-electron chi connectivity index (χ1n) is 6.96. The number of rotatable bonds is 2. The van der Waals surface area contributed by atoms with E-state index >= 15 is 0 Å². The average molecular weight is 397 g/mol. The zero-order valence-electron chi connectivity index (χ0n) is 12.1. The van der Waals surface area contributed by atoms with Crippen LogP contribution in [0.3, 0.4) is 0 Å². The Labute approximate surface area is 148 Å². The molecule has 2 unspecified atom stereocenters. The molecule has 2 aliphatic heterocycles. The summed E-state index contributed by atoms with van der Waals surface area (Å²) in [6.45, 7) is 0. The van der Waals surface area contributed by atoms with Gasteiger partial charge in [0.05, 0.1) is 5.02 Å². The smallest absolute Gasteiger partial charge is 0.249 e. The van der Waals surface area contributed by atoms with Crippen LogP contribution in [0.4, 0.5) is 0 Å². The zero-order valence-corrected chi connectivity index (χ0v) is 15.4. The Hall–Kier alpha value is -1.52. The third-order valence-corrected chi connectivity index (χ3v) is 9.03. The van der Waals surface area contributed by atoms with Crippen molar-refractivity contribution in [3.05, 3.63) is 59.1 Å². The summed E-state index contributed by atoms with van der Waals surface area (Å²) in [4.78, 5) is 4.36. The number of fused-ring (bicyclic) bond motifs is 1. The summed E-state index contributed by atoms with van der Waals surface area (Å²) in [5.41, 5.74) is 3.68. The molecule has 0 saturated carbocycles. The van der Waals surface area contributed by atoms with Gasteiger partial charge in [0, 0.05) is 5.30 Å². The van der Waals surface area contributed by atoms with E-state index in [9.17, 15) is 9.67 Å². The minimum absolute atomic E-state index is 0.0186. The van der Waals surface area contributed by atoms with E-state index in [0.29, 0.717) is 16.0 Å². The first kappa shape index (κ1) is 16.0. The molecule has 2 aliphatic rings. The summed E-state index contributed by atoms with van der Waals surface area (Å²) in [7, 11) is -2.44. The second kappa shape index (κ2) is 6.08. The number of aromatic hydroxyl groups is 1. The molecule has 2 aromatic carbocycles. The average Bonchev–Trinajstić information content (AvgIpc) is 3.09. The predicted molar refractivity (Wildman–Crippen MR) is 98.9 cm³/mol. The van der Waals surface area contributed by atoms with Crippen LogP contribution in [0.5, 0.6) is 5.75 Å². The Morgan fingerprint density at radius 3 is 2.83 bits per heavy atom. The van der Waals surface area contributed by atoms with Crippen LogP contribution < -0.4 is 10.7 Å². The molecular weight excluding hydrogens is 386 g/mol. The molecule has 0 aliphatic carbocycles. The topological polar surface area (TPSA) is 77.3 Å². The van der Waals surface area contributed by atoms with Crippen LogP contribution in [0.2, 0.25) is 5.02 Å². The van der Waals surface area contributed by atoms with Crippen molar-refractivity contribution in [3.63, 3.8) is 0 Å². The number of hydrogen-bond acceptors (Lipinski definition) is 6. The molecule has 2 aromatic rings. The second-order valence-corrected chi connectivity index (χ2v) is 10.1. The molecule has 122 valence electrons. The Morgan fingerprint density at radius 1 is 1.29 bits per heavy atom. The second-order valence-electron chi connectivity index (χ2n) is 5.15. The molecule has 0 saturated heterocycles. The van der Waals surface area contributed by atoms with E-state index in [1.54, 1.807) is 12.1 Å². The molecule has 0 aromatic heterocycles. The highest BCUT2D eigenvalue weighted by molar-refractivity contribution is 8.55. The first-order chi connectivity index (χ1) is 11.6. The molecule has 0 bridgehead atoms. The predicted octanol–water partition coefficient (Wildman–Crippen LogP) is 4.53. The van der Waals surface area contributed by atoms with Gasteiger partial charge in [0.25, 0.3) is 0 Å². The molecule has 0 radical (unpaired) electrons. The van der Waals surface area contributed by atoms with Crippen molar-refractivity contribution >= 4 is 48.3 Å². The van der Waals surface area contributed by atoms with Gasteiger partial charge in [-0.15, -0.1) is 4.85 Å². The number of benzene rings is 2. The number of nitrogens with one attached hydrogen (secondary N) is 1. The van der Waals surface area contributed by atoms with Gasteiger partial charge in [-0.05, 0) is 41.2 Å². The van der Waals surface area contributed by atoms with E-state index in [0.717, 1.165) is 7.57 Å². The fourth-order valence-corrected chi connectivity index (χ4v) is 8.06. The number of nitrogens with zero attached hydrogens (tertiary/aromatic N) is 3. The Morgan fingerprint density at radius 2 is 2.08 bits per heavy atom.